The van der Waals surface area contributed by atoms with Gasteiger partial charge in [0, 0.05) is 29.7 Å². The van der Waals surface area contributed by atoms with E-state index in [1.54, 1.807) is 19.1 Å². The van der Waals surface area contributed by atoms with Crippen LogP contribution in [-0.4, -0.2) is 48.9 Å². The summed E-state index contributed by atoms with van der Waals surface area (Å²) in [6.07, 6.45) is 1.95. The van der Waals surface area contributed by atoms with Crippen molar-refractivity contribution in [1.29, 1.82) is 0 Å². The van der Waals surface area contributed by atoms with Crippen LogP contribution in [0.25, 0.3) is 0 Å². The maximum Gasteiger partial charge on any atom is 0.341 e. The van der Waals surface area contributed by atoms with E-state index in [2.05, 4.69) is 11.3 Å². The minimum atomic E-state index is -3.71. The van der Waals surface area contributed by atoms with E-state index in [0.29, 0.717) is 0 Å². The van der Waals surface area contributed by atoms with Crippen molar-refractivity contribution in [3.8, 4) is 0 Å². The van der Waals surface area contributed by atoms with Crippen LogP contribution < -0.4 is 0 Å². The smallest absolute Gasteiger partial charge is 0.341 e. The van der Waals surface area contributed by atoms with Crippen molar-refractivity contribution in [3.05, 3.63) is 65.3 Å². The van der Waals surface area contributed by atoms with Gasteiger partial charge in [-0.3, -0.25) is 0 Å². The Kier molecular flexibility index (Phi) is 10.0. The topological polar surface area (TPSA) is 135 Å². The highest BCUT2D eigenvalue weighted by Crippen LogP contribution is 2.16. The Bertz CT molecular complexity index is 998. The second kappa shape index (κ2) is 12.0. The third-order valence-electron chi connectivity index (χ3n) is 4.32. The van der Waals surface area contributed by atoms with Gasteiger partial charge in [0.2, 0.25) is 0 Å². The zero-order valence-electron chi connectivity index (χ0n) is 17.5. The van der Waals surface area contributed by atoms with Gasteiger partial charge in [-0.25, -0.2) is 22.8 Å². The van der Waals surface area contributed by atoms with Crippen LogP contribution in [0.4, 0.5) is 0 Å². The van der Waals surface area contributed by atoms with Crippen molar-refractivity contribution in [2.75, 3.05) is 12.4 Å². The molecule has 0 saturated carbocycles. The molecule has 2 N–H and O–H groups in total. The third-order valence-corrected chi connectivity index (χ3v) is 6.06. The summed E-state index contributed by atoms with van der Waals surface area (Å²) in [5, 5.41) is 18.5. The van der Waals surface area contributed by atoms with Gasteiger partial charge in [0.1, 0.15) is 0 Å². The third kappa shape index (κ3) is 8.31. The van der Waals surface area contributed by atoms with E-state index < -0.39 is 40.1 Å². The molecule has 168 valence electrons. The van der Waals surface area contributed by atoms with E-state index in [4.69, 9.17) is 5.11 Å². The Balaban J connectivity index is 3.03. The quantitative estimate of drug-likeness (QED) is 0.227. The van der Waals surface area contributed by atoms with E-state index in [1.165, 1.54) is 12.1 Å². The molecule has 0 saturated heterocycles. The van der Waals surface area contributed by atoms with E-state index in [1.807, 2.05) is 6.92 Å². The summed E-state index contributed by atoms with van der Waals surface area (Å²) < 4.78 is 29.6. The summed E-state index contributed by atoms with van der Waals surface area (Å²) in [5.74, 6) is -3.76. The number of rotatable bonds is 11. The molecule has 0 aliphatic heterocycles. The summed E-state index contributed by atoms with van der Waals surface area (Å²) in [4.78, 5) is 35.4. The standard InChI is InChI=1S/C22H26O8S/c1-4-16(3)21(26)30-22(27)18(11-13-23)8-7-17(20(24)25)12-14-31(28,29)19-9-5-15(2)6-10-19/h5-10,23H,3-4,11-14H2,1-2H3,(H,24,25). The number of carboxylic acid groups (broad SMARTS) is 1. The second-order valence-corrected chi connectivity index (χ2v) is 8.79. The van der Waals surface area contributed by atoms with Gasteiger partial charge in [-0.1, -0.05) is 43.4 Å². The number of aliphatic carboxylic acids is 1. The van der Waals surface area contributed by atoms with Crippen LogP contribution in [0.5, 0.6) is 0 Å². The molecule has 8 nitrogen and oxygen atoms in total. The summed E-state index contributed by atoms with van der Waals surface area (Å²) in [6.45, 7) is 6.49. The fourth-order valence-corrected chi connectivity index (χ4v) is 3.59. The number of carbonyl (C=O) groups excluding carboxylic acids is 2. The summed E-state index contributed by atoms with van der Waals surface area (Å²) >= 11 is 0. The van der Waals surface area contributed by atoms with Crippen molar-refractivity contribution in [2.45, 2.75) is 38.0 Å². The van der Waals surface area contributed by atoms with Gasteiger partial charge < -0.3 is 14.9 Å². The van der Waals surface area contributed by atoms with Gasteiger partial charge in [0.25, 0.3) is 0 Å². The first kappa shape index (κ1) is 26.0. The van der Waals surface area contributed by atoms with Crippen LogP contribution in [-0.2, 0) is 29.0 Å². The Morgan fingerprint density at radius 2 is 1.61 bits per heavy atom. The molecular formula is C22H26O8S. The molecule has 0 bridgehead atoms. The molecule has 0 fully saturated rings. The number of hydrogen-bond donors (Lipinski definition) is 2. The first-order chi connectivity index (χ1) is 14.5. The number of aliphatic hydroxyl groups excluding tert-OH is 1. The highest BCUT2D eigenvalue weighted by Gasteiger charge is 2.19. The minimum absolute atomic E-state index is 0.0811. The molecule has 1 aromatic rings. The van der Waals surface area contributed by atoms with E-state index in [0.717, 1.165) is 17.7 Å². The van der Waals surface area contributed by atoms with Crippen LogP contribution in [0, 0.1) is 6.92 Å². The first-order valence-electron chi connectivity index (χ1n) is 9.49. The number of benzene rings is 1. The lowest BCUT2D eigenvalue weighted by molar-refractivity contribution is -0.154. The Hall–Kier alpha value is -3.04. The minimum Gasteiger partial charge on any atom is -0.478 e. The molecule has 9 heteroatoms. The van der Waals surface area contributed by atoms with Gasteiger partial charge in [-0.2, -0.15) is 0 Å². The number of aryl methyl sites for hydroxylation is 1. The molecule has 1 aromatic carbocycles. The number of esters is 2. The van der Waals surface area contributed by atoms with Crippen LogP contribution in [0.1, 0.15) is 31.7 Å². The number of ether oxygens (including phenoxy) is 1. The number of aliphatic hydroxyl groups is 1. The van der Waals surface area contributed by atoms with E-state index in [9.17, 15) is 27.9 Å². The zero-order valence-corrected chi connectivity index (χ0v) is 18.3. The second-order valence-electron chi connectivity index (χ2n) is 6.68. The molecule has 1 rings (SSSR count). The Labute approximate surface area is 181 Å². The molecule has 0 atom stereocenters. The lowest BCUT2D eigenvalue weighted by Crippen LogP contribution is -2.16. The molecule has 0 aliphatic carbocycles. The molecule has 0 aromatic heterocycles. The van der Waals surface area contributed by atoms with Gasteiger partial charge >= 0.3 is 17.9 Å². The number of allylic oxidation sites excluding steroid dienone is 2. The van der Waals surface area contributed by atoms with Gasteiger partial charge in [-0.15, -0.1) is 0 Å². The van der Waals surface area contributed by atoms with Crippen molar-refractivity contribution in [2.24, 2.45) is 0 Å². The maximum atomic E-state index is 12.4. The largest absolute Gasteiger partial charge is 0.478 e. The lowest BCUT2D eigenvalue weighted by atomic mass is 10.1. The number of carboxylic acids is 1. The van der Waals surface area contributed by atoms with Crippen LogP contribution in [0.3, 0.4) is 0 Å². The van der Waals surface area contributed by atoms with Crippen molar-refractivity contribution < 1.29 is 37.8 Å². The molecule has 0 heterocycles. The predicted octanol–water partition coefficient (Wildman–Crippen LogP) is 2.51. The average molecular weight is 451 g/mol. The number of sulfone groups is 1. The molecule has 0 spiro atoms. The van der Waals surface area contributed by atoms with Crippen LogP contribution in [0.2, 0.25) is 0 Å². The Morgan fingerprint density at radius 1 is 1.03 bits per heavy atom. The SMILES string of the molecule is C=C(CC)C(=O)OC(=O)C(=CC=C(CCS(=O)(=O)c1ccc(C)cc1)C(=O)O)CCO. The maximum absolute atomic E-state index is 12.4. The highest BCUT2D eigenvalue weighted by atomic mass is 32.2. The molecule has 31 heavy (non-hydrogen) atoms. The van der Waals surface area contributed by atoms with Crippen LogP contribution >= 0.6 is 0 Å². The lowest BCUT2D eigenvalue weighted by Gasteiger charge is -2.07. The molecular weight excluding hydrogens is 424 g/mol. The normalized spacial score (nSPS) is 12.4. The summed E-state index contributed by atoms with van der Waals surface area (Å²) in [5.41, 5.74) is 0.572. The molecule has 0 amide bonds. The fraction of sp³-hybridized carbons (Fsp3) is 0.318. The van der Waals surface area contributed by atoms with Crippen LogP contribution in [0.15, 0.2) is 64.6 Å². The number of carbonyl (C=O) groups is 3. The zero-order chi connectivity index (χ0) is 23.6. The fourth-order valence-electron chi connectivity index (χ4n) is 2.31. The van der Waals surface area contributed by atoms with Crippen molar-refractivity contribution in [1.82, 2.24) is 0 Å². The highest BCUT2D eigenvalue weighted by molar-refractivity contribution is 7.91. The van der Waals surface area contributed by atoms with Crippen molar-refractivity contribution >= 4 is 27.7 Å². The predicted molar refractivity (Wildman–Crippen MR) is 114 cm³/mol. The molecule has 0 radical (unpaired) electrons. The number of hydrogen-bond acceptors (Lipinski definition) is 7. The molecule has 0 unspecified atom stereocenters. The van der Waals surface area contributed by atoms with E-state index in [-0.39, 0.29) is 40.9 Å². The first-order valence-corrected chi connectivity index (χ1v) is 11.1. The van der Waals surface area contributed by atoms with Gasteiger partial charge in [0.05, 0.1) is 10.6 Å². The Morgan fingerprint density at radius 3 is 2.13 bits per heavy atom. The summed E-state index contributed by atoms with van der Waals surface area (Å²) in [6, 6.07) is 6.19. The van der Waals surface area contributed by atoms with E-state index >= 15 is 0 Å². The van der Waals surface area contributed by atoms with Gasteiger partial charge in [0.15, 0.2) is 9.84 Å². The average Bonchev–Trinajstić information content (AvgIpc) is 2.71. The monoisotopic (exact) mass is 450 g/mol. The van der Waals surface area contributed by atoms with Crippen molar-refractivity contribution in [3.63, 3.8) is 0 Å². The molecule has 0 aliphatic rings. The summed E-state index contributed by atoms with van der Waals surface area (Å²) in [7, 11) is -3.71. The van der Waals surface area contributed by atoms with Gasteiger partial charge in [-0.05, 0) is 31.9 Å².